The van der Waals surface area contributed by atoms with Crippen LogP contribution in [0.3, 0.4) is 0 Å². The van der Waals surface area contributed by atoms with Crippen molar-refractivity contribution in [2.45, 2.75) is 18.6 Å². The highest BCUT2D eigenvalue weighted by atomic mass is 16.5. The summed E-state index contributed by atoms with van der Waals surface area (Å²) in [6, 6.07) is 7.22. The topological polar surface area (TPSA) is 59.1 Å². The summed E-state index contributed by atoms with van der Waals surface area (Å²) in [5.74, 6) is 0.543. The second kappa shape index (κ2) is 5.61. The Labute approximate surface area is 129 Å². The standard InChI is InChI=1S/C16H20N2O4/c1-17-14(19)11-22-16(17)7-9-18(10-8-16)15(20)12-5-3-4-6-13(12)21-2/h3-6H,7-11H2,1-2H3. The van der Waals surface area contributed by atoms with Gasteiger partial charge in [0, 0.05) is 33.0 Å². The number of ether oxygens (including phenoxy) is 2. The van der Waals surface area contributed by atoms with Crippen LogP contribution in [0.15, 0.2) is 24.3 Å². The van der Waals surface area contributed by atoms with Gasteiger partial charge in [-0.2, -0.15) is 0 Å². The number of benzene rings is 1. The highest BCUT2D eigenvalue weighted by molar-refractivity contribution is 5.97. The molecule has 2 aliphatic heterocycles. The minimum Gasteiger partial charge on any atom is -0.496 e. The summed E-state index contributed by atoms with van der Waals surface area (Å²) in [5.41, 5.74) is 0.0342. The van der Waals surface area contributed by atoms with Crippen molar-refractivity contribution in [3.05, 3.63) is 29.8 Å². The molecule has 0 N–H and O–H groups in total. The maximum Gasteiger partial charge on any atom is 0.257 e. The number of likely N-dealkylation sites (N-methyl/N-ethyl adjacent to an activating group) is 1. The number of para-hydroxylation sites is 1. The lowest BCUT2D eigenvalue weighted by molar-refractivity contribution is -0.135. The molecule has 6 nitrogen and oxygen atoms in total. The Morgan fingerprint density at radius 3 is 2.55 bits per heavy atom. The molecule has 2 aliphatic rings. The van der Waals surface area contributed by atoms with E-state index < -0.39 is 5.72 Å². The first-order chi connectivity index (χ1) is 10.6. The predicted octanol–water partition coefficient (Wildman–Crippen LogP) is 1.12. The van der Waals surface area contributed by atoms with Crippen LogP contribution < -0.4 is 4.74 Å². The maximum absolute atomic E-state index is 12.7. The molecule has 1 aromatic carbocycles. The lowest BCUT2D eigenvalue weighted by Gasteiger charge is -2.42. The number of hydrogen-bond donors (Lipinski definition) is 0. The molecule has 0 radical (unpaired) electrons. The van der Waals surface area contributed by atoms with Gasteiger partial charge in [-0.05, 0) is 12.1 Å². The first-order valence-corrected chi connectivity index (χ1v) is 7.40. The van der Waals surface area contributed by atoms with Crippen molar-refractivity contribution < 1.29 is 19.1 Å². The zero-order valence-corrected chi connectivity index (χ0v) is 12.9. The smallest absolute Gasteiger partial charge is 0.257 e. The molecule has 2 amide bonds. The molecule has 0 atom stereocenters. The van der Waals surface area contributed by atoms with Crippen molar-refractivity contribution in [2.24, 2.45) is 0 Å². The quantitative estimate of drug-likeness (QED) is 0.821. The average molecular weight is 304 g/mol. The van der Waals surface area contributed by atoms with E-state index in [2.05, 4.69) is 0 Å². The van der Waals surface area contributed by atoms with Gasteiger partial charge in [0.25, 0.3) is 11.8 Å². The van der Waals surface area contributed by atoms with Gasteiger partial charge in [0.15, 0.2) is 0 Å². The summed E-state index contributed by atoms with van der Waals surface area (Å²) in [5, 5.41) is 0. The monoisotopic (exact) mass is 304 g/mol. The average Bonchev–Trinajstić information content (AvgIpc) is 2.84. The number of piperidine rings is 1. The van der Waals surface area contributed by atoms with Gasteiger partial charge in [-0.1, -0.05) is 12.1 Å². The summed E-state index contributed by atoms with van der Waals surface area (Å²) >= 11 is 0. The minimum atomic E-state index is -0.533. The predicted molar refractivity (Wildman–Crippen MR) is 79.6 cm³/mol. The van der Waals surface area contributed by atoms with Crippen LogP contribution in [0.25, 0.3) is 0 Å². The van der Waals surface area contributed by atoms with E-state index >= 15 is 0 Å². The van der Waals surface area contributed by atoms with E-state index in [4.69, 9.17) is 9.47 Å². The van der Waals surface area contributed by atoms with Crippen molar-refractivity contribution in [1.82, 2.24) is 9.80 Å². The zero-order valence-electron chi connectivity index (χ0n) is 12.9. The SMILES string of the molecule is COc1ccccc1C(=O)N1CCC2(CC1)OCC(=O)N2C. The number of carbonyl (C=O) groups excluding carboxylic acids is 2. The van der Waals surface area contributed by atoms with Gasteiger partial charge in [-0.25, -0.2) is 0 Å². The van der Waals surface area contributed by atoms with Crippen molar-refractivity contribution >= 4 is 11.8 Å². The van der Waals surface area contributed by atoms with Crippen LogP contribution >= 0.6 is 0 Å². The van der Waals surface area contributed by atoms with Gasteiger partial charge < -0.3 is 19.3 Å². The number of carbonyl (C=O) groups is 2. The highest BCUT2D eigenvalue weighted by Crippen LogP contribution is 2.34. The fourth-order valence-electron chi connectivity index (χ4n) is 3.15. The molecule has 6 heteroatoms. The molecule has 22 heavy (non-hydrogen) atoms. The number of methoxy groups -OCH3 is 1. The summed E-state index contributed by atoms with van der Waals surface area (Å²) in [4.78, 5) is 27.8. The molecular formula is C16H20N2O4. The van der Waals surface area contributed by atoms with Gasteiger partial charge in [0.1, 0.15) is 18.1 Å². The van der Waals surface area contributed by atoms with Crippen LogP contribution in [0.4, 0.5) is 0 Å². The van der Waals surface area contributed by atoms with Crippen molar-refractivity contribution in [2.75, 3.05) is 33.9 Å². The Bertz CT molecular complexity index is 594. The van der Waals surface area contributed by atoms with Crippen molar-refractivity contribution in [3.63, 3.8) is 0 Å². The molecule has 0 bridgehead atoms. The Morgan fingerprint density at radius 1 is 1.27 bits per heavy atom. The van der Waals surface area contributed by atoms with Crippen LogP contribution in [0.2, 0.25) is 0 Å². The Hall–Kier alpha value is -2.08. The molecular weight excluding hydrogens is 284 g/mol. The van der Waals surface area contributed by atoms with Gasteiger partial charge in [-0.3, -0.25) is 9.59 Å². The summed E-state index contributed by atoms with van der Waals surface area (Å²) in [7, 11) is 3.33. The van der Waals surface area contributed by atoms with E-state index in [0.29, 0.717) is 37.2 Å². The molecule has 2 saturated heterocycles. The van der Waals surface area contributed by atoms with Gasteiger partial charge in [0.05, 0.1) is 12.7 Å². The summed E-state index contributed by atoms with van der Waals surface area (Å²) in [6.07, 6.45) is 1.27. The van der Waals surface area contributed by atoms with Crippen LogP contribution in [0, 0.1) is 0 Å². The Morgan fingerprint density at radius 2 is 1.95 bits per heavy atom. The number of nitrogens with zero attached hydrogens (tertiary/aromatic N) is 2. The third-order valence-corrected chi connectivity index (χ3v) is 4.62. The number of likely N-dealkylation sites (tertiary alicyclic amines) is 1. The van der Waals surface area contributed by atoms with Gasteiger partial charge >= 0.3 is 0 Å². The first kappa shape index (κ1) is 14.8. The van der Waals surface area contributed by atoms with Crippen molar-refractivity contribution in [3.8, 4) is 5.75 Å². The number of amides is 2. The lowest BCUT2D eigenvalue weighted by atomic mass is 9.98. The van der Waals surface area contributed by atoms with E-state index in [1.54, 1.807) is 36.1 Å². The maximum atomic E-state index is 12.7. The zero-order chi connectivity index (χ0) is 15.7. The van der Waals surface area contributed by atoms with E-state index in [9.17, 15) is 9.59 Å². The minimum absolute atomic E-state index is 0.00417. The fraction of sp³-hybridized carbons (Fsp3) is 0.500. The summed E-state index contributed by atoms with van der Waals surface area (Å²) < 4.78 is 11.0. The van der Waals surface area contributed by atoms with Crippen molar-refractivity contribution in [1.29, 1.82) is 0 Å². The van der Waals surface area contributed by atoms with E-state index in [1.807, 2.05) is 12.1 Å². The van der Waals surface area contributed by atoms with E-state index in [0.717, 1.165) is 0 Å². The molecule has 0 saturated carbocycles. The molecule has 0 aliphatic carbocycles. The molecule has 0 aromatic heterocycles. The number of rotatable bonds is 2. The second-order valence-corrected chi connectivity index (χ2v) is 5.68. The van der Waals surface area contributed by atoms with Gasteiger partial charge in [0.2, 0.25) is 0 Å². The molecule has 1 aromatic rings. The van der Waals surface area contributed by atoms with E-state index in [1.165, 1.54) is 0 Å². The van der Waals surface area contributed by atoms with Gasteiger partial charge in [-0.15, -0.1) is 0 Å². The third kappa shape index (κ3) is 2.33. The number of hydrogen-bond acceptors (Lipinski definition) is 4. The molecule has 2 heterocycles. The van der Waals surface area contributed by atoms with Crippen LogP contribution in [-0.4, -0.2) is 61.2 Å². The van der Waals surface area contributed by atoms with Crippen LogP contribution in [0.5, 0.6) is 5.75 Å². The normalized spacial score (nSPS) is 20.5. The molecule has 2 fully saturated rings. The summed E-state index contributed by atoms with van der Waals surface area (Å²) in [6.45, 7) is 1.26. The second-order valence-electron chi connectivity index (χ2n) is 5.68. The Balaban J connectivity index is 1.71. The largest absolute Gasteiger partial charge is 0.496 e. The van der Waals surface area contributed by atoms with E-state index in [-0.39, 0.29) is 18.4 Å². The molecule has 0 unspecified atom stereocenters. The third-order valence-electron chi connectivity index (χ3n) is 4.62. The highest BCUT2D eigenvalue weighted by Gasteiger charge is 2.47. The molecule has 1 spiro atoms. The lowest BCUT2D eigenvalue weighted by Crippen LogP contribution is -2.53. The molecule has 3 rings (SSSR count). The Kier molecular flexibility index (Phi) is 3.78. The first-order valence-electron chi connectivity index (χ1n) is 7.40. The molecule has 118 valence electrons. The van der Waals surface area contributed by atoms with Crippen LogP contribution in [0.1, 0.15) is 23.2 Å². The van der Waals surface area contributed by atoms with Crippen LogP contribution in [-0.2, 0) is 9.53 Å². The fourth-order valence-corrected chi connectivity index (χ4v) is 3.15.